The van der Waals surface area contributed by atoms with Crippen molar-refractivity contribution in [1.82, 2.24) is 4.98 Å². The molecule has 0 aliphatic heterocycles. The topological polar surface area (TPSA) is 68.7 Å². The number of ether oxygens (including phenoxy) is 2. The summed E-state index contributed by atoms with van der Waals surface area (Å²) in [6.45, 7) is 0.748. The number of rotatable bonds is 6. The number of nitrogens with zero attached hydrogens (tertiary/aromatic N) is 1. The van der Waals surface area contributed by atoms with Crippen molar-refractivity contribution < 1.29 is 19.4 Å². The molecule has 0 unspecified atom stereocenters. The average Bonchev–Trinajstić information content (AvgIpc) is 3.30. The molecular weight excluding hydrogens is 270 g/mol. The predicted molar refractivity (Wildman–Crippen MR) is 75.9 cm³/mol. The molecule has 21 heavy (non-hydrogen) atoms. The highest BCUT2D eigenvalue weighted by molar-refractivity contribution is 5.85. The van der Waals surface area contributed by atoms with Gasteiger partial charge < -0.3 is 14.6 Å². The van der Waals surface area contributed by atoms with Crippen molar-refractivity contribution in [2.45, 2.75) is 12.8 Å². The summed E-state index contributed by atoms with van der Waals surface area (Å²) < 4.78 is 11.3. The second-order valence-corrected chi connectivity index (χ2v) is 5.02. The highest BCUT2D eigenvalue weighted by atomic mass is 16.5. The van der Waals surface area contributed by atoms with Gasteiger partial charge in [-0.3, -0.25) is 0 Å². The zero-order chi connectivity index (χ0) is 14.7. The van der Waals surface area contributed by atoms with Gasteiger partial charge in [0.25, 0.3) is 0 Å². The Morgan fingerprint density at radius 2 is 2.00 bits per heavy atom. The highest BCUT2D eigenvalue weighted by Crippen LogP contribution is 2.30. The van der Waals surface area contributed by atoms with Crippen LogP contribution in [0.5, 0.6) is 17.2 Å². The van der Waals surface area contributed by atoms with Crippen LogP contribution in [-0.4, -0.2) is 22.7 Å². The molecule has 0 radical (unpaired) electrons. The minimum Gasteiger partial charge on any atom is -0.493 e. The van der Waals surface area contributed by atoms with E-state index in [0.717, 1.165) is 12.4 Å². The Morgan fingerprint density at radius 1 is 1.19 bits per heavy atom. The largest absolute Gasteiger partial charge is 0.493 e. The van der Waals surface area contributed by atoms with Crippen molar-refractivity contribution in [3.63, 3.8) is 0 Å². The number of aromatic carboxylic acids is 1. The van der Waals surface area contributed by atoms with Crippen molar-refractivity contribution >= 4 is 5.97 Å². The van der Waals surface area contributed by atoms with Crippen molar-refractivity contribution in [3.05, 3.63) is 48.3 Å². The molecule has 0 amide bonds. The number of carboxylic acids is 1. The van der Waals surface area contributed by atoms with Gasteiger partial charge in [0.1, 0.15) is 22.9 Å². The van der Waals surface area contributed by atoms with Gasteiger partial charge in [0, 0.05) is 6.07 Å². The fourth-order valence-electron chi connectivity index (χ4n) is 1.83. The van der Waals surface area contributed by atoms with E-state index in [1.165, 1.54) is 25.1 Å². The monoisotopic (exact) mass is 285 g/mol. The van der Waals surface area contributed by atoms with Gasteiger partial charge in [-0.2, -0.15) is 0 Å². The fourth-order valence-corrected chi connectivity index (χ4v) is 1.83. The number of carboxylic acid groups (broad SMARTS) is 1. The molecule has 0 bridgehead atoms. The fraction of sp³-hybridized carbons (Fsp3) is 0.250. The van der Waals surface area contributed by atoms with E-state index in [2.05, 4.69) is 4.98 Å². The molecule has 1 N–H and O–H groups in total. The van der Waals surface area contributed by atoms with E-state index in [4.69, 9.17) is 14.6 Å². The molecule has 1 heterocycles. The minimum absolute atomic E-state index is 0.0103. The van der Waals surface area contributed by atoms with Gasteiger partial charge >= 0.3 is 5.97 Å². The molecule has 0 atom stereocenters. The van der Waals surface area contributed by atoms with Crippen molar-refractivity contribution in [3.8, 4) is 17.2 Å². The van der Waals surface area contributed by atoms with Crippen LogP contribution >= 0.6 is 0 Å². The number of benzene rings is 1. The Bertz CT molecular complexity index is 635. The van der Waals surface area contributed by atoms with Crippen LogP contribution in [0.4, 0.5) is 0 Å². The lowest BCUT2D eigenvalue weighted by Crippen LogP contribution is -2.00. The first kappa shape index (κ1) is 13.4. The number of hydrogen-bond donors (Lipinski definition) is 1. The second-order valence-electron chi connectivity index (χ2n) is 5.02. The van der Waals surface area contributed by atoms with Crippen LogP contribution in [0.1, 0.15) is 23.3 Å². The Hall–Kier alpha value is -2.56. The molecule has 2 aromatic rings. The first-order chi connectivity index (χ1) is 10.2. The van der Waals surface area contributed by atoms with E-state index < -0.39 is 5.97 Å². The maximum atomic E-state index is 10.7. The maximum absolute atomic E-state index is 10.7. The zero-order valence-electron chi connectivity index (χ0n) is 11.4. The number of pyridine rings is 1. The van der Waals surface area contributed by atoms with Crippen LogP contribution in [0.3, 0.4) is 0 Å². The third-order valence-corrected chi connectivity index (χ3v) is 3.18. The number of hydrogen-bond acceptors (Lipinski definition) is 4. The summed E-state index contributed by atoms with van der Waals surface area (Å²) in [6, 6.07) is 10.4. The number of carbonyl (C=O) groups is 1. The van der Waals surface area contributed by atoms with Crippen LogP contribution in [0.25, 0.3) is 0 Å². The molecule has 5 heteroatoms. The molecule has 1 aliphatic carbocycles. The van der Waals surface area contributed by atoms with Crippen molar-refractivity contribution in [1.29, 1.82) is 0 Å². The zero-order valence-corrected chi connectivity index (χ0v) is 11.4. The normalized spacial score (nSPS) is 13.7. The third kappa shape index (κ3) is 3.72. The molecule has 0 spiro atoms. The highest BCUT2D eigenvalue weighted by Gasteiger charge is 2.21. The Kier molecular flexibility index (Phi) is 3.73. The Labute approximate surface area is 122 Å². The lowest BCUT2D eigenvalue weighted by Gasteiger charge is -2.09. The molecular formula is C16H15NO4. The van der Waals surface area contributed by atoms with Crippen molar-refractivity contribution in [2.24, 2.45) is 5.92 Å². The summed E-state index contributed by atoms with van der Waals surface area (Å²) in [5.41, 5.74) is -0.0103. The standard InChI is InChI=1S/C16H15NO4/c18-16(19)15-7-6-14(9-17-15)21-13-3-1-2-12(8-13)20-10-11-4-5-11/h1-3,6-9,11H,4-5,10H2,(H,18,19). The van der Waals surface area contributed by atoms with E-state index in [1.54, 1.807) is 6.07 Å². The van der Waals surface area contributed by atoms with Crippen LogP contribution in [0.2, 0.25) is 0 Å². The van der Waals surface area contributed by atoms with Gasteiger partial charge in [0.15, 0.2) is 0 Å². The van der Waals surface area contributed by atoms with E-state index in [1.807, 2.05) is 24.3 Å². The number of aromatic nitrogens is 1. The Balaban J connectivity index is 1.65. The maximum Gasteiger partial charge on any atom is 0.354 e. The molecule has 5 nitrogen and oxygen atoms in total. The van der Waals surface area contributed by atoms with E-state index in [9.17, 15) is 4.79 Å². The van der Waals surface area contributed by atoms with E-state index in [-0.39, 0.29) is 5.69 Å². The van der Waals surface area contributed by atoms with E-state index >= 15 is 0 Å². The smallest absolute Gasteiger partial charge is 0.354 e. The van der Waals surface area contributed by atoms with Crippen LogP contribution in [0, 0.1) is 5.92 Å². The molecule has 1 fully saturated rings. The molecule has 1 saturated carbocycles. The minimum atomic E-state index is -1.06. The summed E-state index contributed by atoms with van der Waals surface area (Å²) >= 11 is 0. The first-order valence-corrected chi connectivity index (χ1v) is 6.81. The average molecular weight is 285 g/mol. The summed E-state index contributed by atoms with van der Waals surface area (Å²) in [7, 11) is 0. The molecule has 1 aromatic carbocycles. The summed E-state index contributed by atoms with van der Waals surface area (Å²) in [5, 5.41) is 8.79. The summed E-state index contributed by atoms with van der Waals surface area (Å²) in [6.07, 6.45) is 3.89. The molecule has 1 aliphatic rings. The van der Waals surface area contributed by atoms with Gasteiger partial charge in [0.05, 0.1) is 12.8 Å². The SMILES string of the molecule is O=C(O)c1ccc(Oc2cccc(OCC3CC3)c2)cn1. The lowest BCUT2D eigenvalue weighted by molar-refractivity contribution is 0.0690. The van der Waals surface area contributed by atoms with Crippen LogP contribution in [-0.2, 0) is 0 Å². The second kappa shape index (κ2) is 5.83. The quantitative estimate of drug-likeness (QED) is 0.881. The van der Waals surface area contributed by atoms with Gasteiger partial charge in [0.2, 0.25) is 0 Å². The molecule has 3 rings (SSSR count). The molecule has 108 valence electrons. The van der Waals surface area contributed by atoms with Gasteiger partial charge in [-0.15, -0.1) is 0 Å². The lowest BCUT2D eigenvalue weighted by atomic mass is 10.3. The van der Waals surface area contributed by atoms with E-state index in [0.29, 0.717) is 17.4 Å². The summed E-state index contributed by atoms with van der Waals surface area (Å²) in [4.78, 5) is 14.5. The van der Waals surface area contributed by atoms with Gasteiger partial charge in [-0.05, 0) is 43.0 Å². The predicted octanol–water partition coefficient (Wildman–Crippen LogP) is 3.36. The third-order valence-electron chi connectivity index (χ3n) is 3.18. The Morgan fingerprint density at radius 3 is 2.67 bits per heavy atom. The summed E-state index contributed by atoms with van der Waals surface area (Å²) in [5.74, 6) is 1.53. The van der Waals surface area contributed by atoms with Crippen LogP contribution in [0.15, 0.2) is 42.6 Å². The van der Waals surface area contributed by atoms with Crippen LogP contribution < -0.4 is 9.47 Å². The first-order valence-electron chi connectivity index (χ1n) is 6.81. The molecule has 1 aromatic heterocycles. The van der Waals surface area contributed by atoms with Gasteiger partial charge in [-0.25, -0.2) is 9.78 Å². The van der Waals surface area contributed by atoms with Gasteiger partial charge in [-0.1, -0.05) is 6.07 Å². The molecule has 0 saturated heterocycles. The van der Waals surface area contributed by atoms with Crippen molar-refractivity contribution in [2.75, 3.05) is 6.61 Å².